The van der Waals surface area contributed by atoms with Gasteiger partial charge in [-0.1, -0.05) is 40.9 Å². The second-order valence-electron chi connectivity index (χ2n) is 4.49. The Balaban J connectivity index is 2.12. The van der Waals surface area contributed by atoms with Crippen molar-refractivity contribution in [1.82, 2.24) is 0 Å². The lowest BCUT2D eigenvalue weighted by Crippen LogP contribution is -2.09. The topological polar surface area (TPSA) is 66.4 Å². The molecule has 0 fully saturated rings. The van der Waals surface area contributed by atoms with Crippen molar-refractivity contribution in [1.29, 1.82) is 0 Å². The number of carboxylic acid groups (broad SMARTS) is 1. The molecule has 2 rings (SSSR count). The summed E-state index contributed by atoms with van der Waals surface area (Å²) < 4.78 is 0. The van der Waals surface area contributed by atoms with Gasteiger partial charge in [-0.2, -0.15) is 0 Å². The molecule has 0 saturated carbocycles. The maximum atomic E-state index is 11.9. The molecule has 23 heavy (non-hydrogen) atoms. The van der Waals surface area contributed by atoms with Gasteiger partial charge in [-0.3, -0.25) is 4.79 Å². The summed E-state index contributed by atoms with van der Waals surface area (Å²) in [6, 6.07) is 9.10. The summed E-state index contributed by atoms with van der Waals surface area (Å²) in [4.78, 5) is 22.9. The number of carboxylic acids is 1. The van der Waals surface area contributed by atoms with Crippen LogP contribution < -0.4 is 5.32 Å². The number of benzene rings is 2. The number of carbonyl (C=O) groups excluding carboxylic acids is 1. The van der Waals surface area contributed by atoms with Crippen LogP contribution in [0.2, 0.25) is 15.1 Å². The molecule has 1 amide bonds. The number of hydrogen-bond acceptors (Lipinski definition) is 2. The maximum absolute atomic E-state index is 11.9. The number of aromatic carboxylic acids is 1. The average molecular weight is 371 g/mol. The minimum absolute atomic E-state index is 0.0887. The highest BCUT2D eigenvalue weighted by Crippen LogP contribution is 2.23. The summed E-state index contributed by atoms with van der Waals surface area (Å²) in [5.74, 6) is -1.61. The third-order valence-corrected chi connectivity index (χ3v) is 3.73. The van der Waals surface area contributed by atoms with Crippen LogP contribution in [0.15, 0.2) is 42.5 Å². The zero-order valence-electron chi connectivity index (χ0n) is 11.5. The second-order valence-corrected chi connectivity index (χ2v) is 5.74. The molecule has 0 aliphatic carbocycles. The van der Waals surface area contributed by atoms with Crippen LogP contribution in [-0.2, 0) is 4.79 Å². The summed E-state index contributed by atoms with van der Waals surface area (Å²) in [6.45, 7) is 0. The first kappa shape index (κ1) is 17.3. The van der Waals surface area contributed by atoms with Crippen LogP contribution in [0.5, 0.6) is 0 Å². The Hall–Kier alpha value is -2.01. The van der Waals surface area contributed by atoms with E-state index in [9.17, 15) is 9.59 Å². The minimum Gasteiger partial charge on any atom is -0.478 e. The van der Waals surface area contributed by atoms with E-state index in [1.165, 1.54) is 30.4 Å². The molecule has 0 aliphatic heterocycles. The average Bonchev–Trinajstić information content (AvgIpc) is 2.48. The first-order valence-corrected chi connectivity index (χ1v) is 7.47. The van der Waals surface area contributed by atoms with E-state index in [-0.39, 0.29) is 10.6 Å². The van der Waals surface area contributed by atoms with Crippen molar-refractivity contribution in [2.75, 3.05) is 5.32 Å². The highest BCUT2D eigenvalue weighted by Gasteiger charge is 2.10. The summed E-state index contributed by atoms with van der Waals surface area (Å²) in [6.07, 6.45) is 2.81. The smallest absolute Gasteiger partial charge is 0.337 e. The third kappa shape index (κ3) is 4.73. The van der Waals surface area contributed by atoms with E-state index in [1.807, 2.05) is 0 Å². The number of carbonyl (C=O) groups is 2. The van der Waals surface area contributed by atoms with Gasteiger partial charge in [-0.15, -0.1) is 0 Å². The predicted molar refractivity (Wildman–Crippen MR) is 92.5 cm³/mol. The van der Waals surface area contributed by atoms with E-state index in [0.29, 0.717) is 21.3 Å². The Morgan fingerprint density at radius 3 is 2.39 bits per heavy atom. The lowest BCUT2D eigenvalue weighted by molar-refractivity contribution is -0.111. The largest absolute Gasteiger partial charge is 0.478 e. The van der Waals surface area contributed by atoms with Crippen molar-refractivity contribution in [2.45, 2.75) is 0 Å². The molecular formula is C16H10Cl3NO3. The summed E-state index contributed by atoms with van der Waals surface area (Å²) >= 11 is 17.6. The molecule has 0 unspecified atom stereocenters. The number of amides is 1. The summed E-state index contributed by atoms with van der Waals surface area (Å²) in [5, 5.41) is 12.6. The highest BCUT2D eigenvalue weighted by molar-refractivity contribution is 6.35. The molecule has 0 bridgehead atoms. The first-order chi connectivity index (χ1) is 10.9. The van der Waals surface area contributed by atoms with Gasteiger partial charge in [-0.25, -0.2) is 4.79 Å². The third-order valence-electron chi connectivity index (χ3n) is 2.84. The quantitative estimate of drug-likeness (QED) is 0.745. The van der Waals surface area contributed by atoms with Crippen LogP contribution in [0.1, 0.15) is 15.9 Å². The van der Waals surface area contributed by atoms with Crippen molar-refractivity contribution in [3.8, 4) is 0 Å². The first-order valence-electron chi connectivity index (χ1n) is 6.34. The van der Waals surface area contributed by atoms with Crippen LogP contribution in [0.3, 0.4) is 0 Å². The second kappa shape index (κ2) is 7.51. The van der Waals surface area contributed by atoms with E-state index in [0.717, 1.165) is 0 Å². The number of anilines is 1. The molecule has 2 N–H and O–H groups in total. The Morgan fingerprint density at radius 2 is 1.74 bits per heavy atom. The molecule has 0 aliphatic rings. The minimum atomic E-state index is -1.17. The van der Waals surface area contributed by atoms with E-state index < -0.39 is 11.9 Å². The zero-order valence-corrected chi connectivity index (χ0v) is 13.8. The molecular weight excluding hydrogens is 361 g/mol. The lowest BCUT2D eigenvalue weighted by Gasteiger charge is -2.05. The molecule has 7 heteroatoms. The molecule has 4 nitrogen and oxygen atoms in total. The molecule has 2 aromatic carbocycles. The monoisotopic (exact) mass is 369 g/mol. The van der Waals surface area contributed by atoms with Crippen molar-refractivity contribution in [3.63, 3.8) is 0 Å². The van der Waals surface area contributed by atoms with Crippen LogP contribution >= 0.6 is 34.8 Å². The van der Waals surface area contributed by atoms with Gasteiger partial charge in [-0.05, 0) is 42.0 Å². The van der Waals surface area contributed by atoms with Crippen LogP contribution in [0, 0.1) is 0 Å². The van der Waals surface area contributed by atoms with Crippen molar-refractivity contribution in [3.05, 3.63) is 68.7 Å². The molecule has 0 spiro atoms. The Kier molecular flexibility index (Phi) is 5.66. The molecule has 0 radical (unpaired) electrons. The van der Waals surface area contributed by atoms with Gasteiger partial charge in [0, 0.05) is 21.8 Å². The summed E-state index contributed by atoms with van der Waals surface area (Å²) in [5.41, 5.74) is 0.867. The fraction of sp³-hybridized carbons (Fsp3) is 0. The Labute approximate surface area is 147 Å². The standard InChI is InChI=1S/C16H10Cl3NO3/c17-10-3-1-9(14(19)7-10)2-6-15(21)20-11-4-5-13(18)12(8-11)16(22)23/h1-8H,(H,20,21)(H,22,23). The van der Waals surface area contributed by atoms with Crippen molar-refractivity contribution >= 4 is 58.4 Å². The normalized spacial score (nSPS) is 10.7. The number of rotatable bonds is 4. The van der Waals surface area contributed by atoms with Gasteiger partial charge < -0.3 is 10.4 Å². The fourth-order valence-electron chi connectivity index (χ4n) is 1.75. The molecule has 0 atom stereocenters. The van der Waals surface area contributed by atoms with Gasteiger partial charge in [0.1, 0.15) is 0 Å². The van der Waals surface area contributed by atoms with Crippen molar-refractivity contribution in [2.24, 2.45) is 0 Å². The van der Waals surface area contributed by atoms with Gasteiger partial charge in [0.05, 0.1) is 10.6 Å². The predicted octanol–water partition coefficient (Wildman–Crippen LogP) is 5.00. The maximum Gasteiger partial charge on any atom is 0.337 e. The van der Waals surface area contributed by atoms with Crippen LogP contribution in [0.25, 0.3) is 6.08 Å². The number of nitrogens with one attached hydrogen (secondary N) is 1. The molecule has 0 heterocycles. The van der Waals surface area contributed by atoms with E-state index in [2.05, 4.69) is 5.32 Å². The highest BCUT2D eigenvalue weighted by atomic mass is 35.5. The summed E-state index contributed by atoms with van der Waals surface area (Å²) in [7, 11) is 0. The van der Waals surface area contributed by atoms with Gasteiger partial charge in [0.2, 0.25) is 5.91 Å². The van der Waals surface area contributed by atoms with E-state index in [4.69, 9.17) is 39.9 Å². The van der Waals surface area contributed by atoms with Gasteiger partial charge >= 0.3 is 5.97 Å². The fourth-order valence-corrected chi connectivity index (χ4v) is 2.42. The number of hydrogen-bond donors (Lipinski definition) is 2. The van der Waals surface area contributed by atoms with E-state index in [1.54, 1.807) is 18.2 Å². The van der Waals surface area contributed by atoms with Gasteiger partial charge in [0.25, 0.3) is 0 Å². The van der Waals surface area contributed by atoms with Crippen LogP contribution in [-0.4, -0.2) is 17.0 Å². The Morgan fingerprint density at radius 1 is 1.00 bits per heavy atom. The van der Waals surface area contributed by atoms with Crippen molar-refractivity contribution < 1.29 is 14.7 Å². The molecule has 118 valence electrons. The SMILES string of the molecule is O=C(C=Cc1ccc(Cl)cc1Cl)Nc1ccc(Cl)c(C(=O)O)c1. The van der Waals surface area contributed by atoms with Crippen LogP contribution in [0.4, 0.5) is 5.69 Å². The molecule has 0 aromatic heterocycles. The Bertz CT molecular complexity index is 803. The van der Waals surface area contributed by atoms with E-state index >= 15 is 0 Å². The van der Waals surface area contributed by atoms with Gasteiger partial charge in [0.15, 0.2) is 0 Å². The molecule has 0 saturated heterocycles. The molecule has 2 aromatic rings. The lowest BCUT2D eigenvalue weighted by atomic mass is 10.2. The zero-order chi connectivity index (χ0) is 17.0. The number of halogens is 3.